The van der Waals surface area contributed by atoms with Crippen molar-refractivity contribution in [1.82, 2.24) is 5.32 Å². The maximum absolute atomic E-state index is 11.5. The zero-order valence-corrected chi connectivity index (χ0v) is 9.80. The number of ether oxygens (including phenoxy) is 1. The Balaban J connectivity index is 4.01. The van der Waals surface area contributed by atoms with Gasteiger partial charge >= 0.3 is 5.97 Å². The molecule has 0 fully saturated rings. The quantitative estimate of drug-likeness (QED) is 0.640. The van der Waals surface area contributed by atoms with Crippen molar-refractivity contribution < 1.29 is 9.53 Å². The van der Waals surface area contributed by atoms with Crippen molar-refractivity contribution >= 4 is 5.97 Å². The van der Waals surface area contributed by atoms with Crippen LogP contribution in [0, 0.1) is 5.92 Å². The Kier molecular flexibility index (Phi) is 7.48. The molecule has 0 spiro atoms. The molecule has 0 rings (SSSR count). The molecule has 3 nitrogen and oxygen atoms in total. The smallest absolute Gasteiger partial charge is 0.323 e. The molecule has 0 heterocycles. The largest absolute Gasteiger partial charge is 0.465 e. The van der Waals surface area contributed by atoms with Gasteiger partial charge in [0.2, 0.25) is 0 Å². The van der Waals surface area contributed by atoms with Gasteiger partial charge in [0, 0.05) is 0 Å². The van der Waals surface area contributed by atoms with E-state index in [1.807, 2.05) is 6.92 Å². The minimum Gasteiger partial charge on any atom is -0.465 e. The number of nitrogens with one attached hydrogen (secondary N) is 1. The summed E-state index contributed by atoms with van der Waals surface area (Å²) in [6, 6.07) is -0.130. The summed E-state index contributed by atoms with van der Waals surface area (Å²) in [5, 5.41) is 3.21. The van der Waals surface area contributed by atoms with Crippen LogP contribution in [-0.4, -0.2) is 25.2 Å². The van der Waals surface area contributed by atoms with E-state index in [9.17, 15) is 4.79 Å². The van der Waals surface area contributed by atoms with Gasteiger partial charge in [-0.25, -0.2) is 0 Å². The monoisotopic (exact) mass is 201 g/mol. The first-order valence-corrected chi connectivity index (χ1v) is 5.51. The third-order valence-electron chi connectivity index (χ3n) is 1.92. The van der Waals surface area contributed by atoms with Crippen LogP contribution in [0.3, 0.4) is 0 Å². The van der Waals surface area contributed by atoms with E-state index in [4.69, 9.17) is 4.74 Å². The van der Waals surface area contributed by atoms with Crippen molar-refractivity contribution in [1.29, 1.82) is 0 Å². The van der Waals surface area contributed by atoms with Crippen LogP contribution in [0.1, 0.15) is 40.5 Å². The fourth-order valence-electron chi connectivity index (χ4n) is 1.30. The second-order valence-electron chi connectivity index (χ2n) is 3.89. The fraction of sp³-hybridized carbons (Fsp3) is 0.909. The number of esters is 1. The minimum atomic E-state index is -0.130. The molecule has 84 valence electrons. The Bertz CT molecular complexity index is 157. The van der Waals surface area contributed by atoms with E-state index < -0.39 is 0 Å². The molecular formula is C11H23NO2. The Morgan fingerprint density at radius 2 is 2.00 bits per heavy atom. The number of carbonyl (C=O) groups excluding carboxylic acids is 1. The molecule has 14 heavy (non-hydrogen) atoms. The highest BCUT2D eigenvalue weighted by atomic mass is 16.5. The van der Waals surface area contributed by atoms with Crippen LogP contribution in [0.15, 0.2) is 0 Å². The SMILES string of the molecule is CCCN[C@H](CC(C)C)C(=O)OCC. The van der Waals surface area contributed by atoms with Crippen LogP contribution in [0.5, 0.6) is 0 Å². The molecule has 0 aromatic carbocycles. The summed E-state index contributed by atoms with van der Waals surface area (Å²) in [6.45, 7) is 9.48. The second kappa shape index (κ2) is 7.80. The molecule has 0 radical (unpaired) electrons. The molecule has 1 atom stereocenters. The average molecular weight is 201 g/mol. The van der Waals surface area contributed by atoms with Crippen molar-refractivity contribution in [2.45, 2.75) is 46.6 Å². The van der Waals surface area contributed by atoms with Gasteiger partial charge in [0.1, 0.15) is 6.04 Å². The Labute approximate surface area is 87.2 Å². The minimum absolute atomic E-state index is 0.116. The zero-order chi connectivity index (χ0) is 11.0. The molecule has 0 saturated carbocycles. The van der Waals surface area contributed by atoms with Crippen LogP contribution < -0.4 is 5.32 Å². The molecule has 3 heteroatoms. The number of hydrogen-bond donors (Lipinski definition) is 1. The lowest BCUT2D eigenvalue weighted by Gasteiger charge is -2.18. The summed E-state index contributed by atoms with van der Waals surface area (Å²) in [6.07, 6.45) is 1.88. The Morgan fingerprint density at radius 3 is 2.43 bits per heavy atom. The van der Waals surface area contributed by atoms with Gasteiger partial charge in [-0.1, -0.05) is 20.8 Å². The van der Waals surface area contributed by atoms with Crippen LogP contribution in [0.4, 0.5) is 0 Å². The molecule has 0 aliphatic rings. The van der Waals surface area contributed by atoms with Gasteiger partial charge in [-0.15, -0.1) is 0 Å². The molecule has 0 aliphatic heterocycles. The lowest BCUT2D eigenvalue weighted by Crippen LogP contribution is -2.39. The fourth-order valence-corrected chi connectivity index (χ4v) is 1.30. The summed E-state index contributed by atoms with van der Waals surface area (Å²) in [5.41, 5.74) is 0. The zero-order valence-electron chi connectivity index (χ0n) is 9.80. The summed E-state index contributed by atoms with van der Waals surface area (Å²) in [5.74, 6) is 0.392. The summed E-state index contributed by atoms with van der Waals surface area (Å²) >= 11 is 0. The predicted molar refractivity (Wildman–Crippen MR) is 58.2 cm³/mol. The second-order valence-corrected chi connectivity index (χ2v) is 3.89. The summed E-state index contributed by atoms with van der Waals surface area (Å²) in [7, 11) is 0. The molecule has 0 unspecified atom stereocenters. The molecule has 0 saturated heterocycles. The first-order chi connectivity index (χ1) is 6.61. The van der Waals surface area contributed by atoms with Gasteiger partial charge in [-0.05, 0) is 32.2 Å². The van der Waals surface area contributed by atoms with Crippen LogP contribution >= 0.6 is 0 Å². The average Bonchev–Trinajstić information content (AvgIpc) is 2.12. The predicted octanol–water partition coefficient (Wildman–Crippen LogP) is 1.96. The van der Waals surface area contributed by atoms with Crippen molar-refractivity contribution in [2.75, 3.05) is 13.2 Å². The highest BCUT2D eigenvalue weighted by Crippen LogP contribution is 2.06. The third-order valence-corrected chi connectivity index (χ3v) is 1.92. The van der Waals surface area contributed by atoms with Crippen molar-refractivity contribution in [3.8, 4) is 0 Å². The van der Waals surface area contributed by atoms with E-state index >= 15 is 0 Å². The van der Waals surface area contributed by atoms with Gasteiger partial charge in [-0.2, -0.15) is 0 Å². The lowest BCUT2D eigenvalue weighted by atomic mass is 10.0. The lowest BCUT2D eigenvalue weighted by molar-refractivity contribution is -0.146. The number of rotatable bonds is 7. The van der Waals surface area contributed by atoms with E-state index in [1.165, 1.54) is 0 Å². The van der Waals surface area contributed by atoms with E-state index in [0.29, 0.717) is 12.5 Å². The standard InChI is InChI=1S/C11H23NO2/c1-5-7-12-10(8-9(3)4)11(13)14-6-2/h9-10,12H,5-8H2,1-4H3/t10-/m1/s1. The highest BCUT2D eigenvalue weighted by Gasteiger charge is 2.19. The van der Waals surface area contributed by atoms with Gasteiger partial charge in [0.05, 0.1) is 6.61 Å². The molecule has 0 bridgehead atoms. The van der Waals surface area contributed by atoms with Gasteiger partial charge in [0.15, 0.2) is 0 Å². The topological polar surface area (TPSA) is 38.3 Å². The Morgan fingerprint density at radius 1 is 1.36 bits per heavy atom. The van der Waals surface area contributed by atoms with E-state index in [2.05, 4.69) is 26.1 Å². The van der Waals surface area contributed by atoms with Crippen LogP contribution in [-0.2, 0) is 9.53 Å². The molecule has 0 aromatic heterocycles. The maximum atomic E-state index is 11.5. The first kappa shape index (κ1) is 13.4. The molecule has 0 aromatic rings. The van der Waals surface area contributed by atoms with E-state index in [1.54, 1.807) is 0 Å². The van der Waals surface area contributed by atoms with Gasteiger partial charge in [-0.3, -0.25) is 4.79 Å². The molecular weight excluding hydrogens is 178 g/mol. The molecule has 0 aliphatic carbocycles. The van der Waals surface area contributed by atoms with Gasteiger partial charge in [0.25, 0.3) is 0 Å². The van der Waals surface area contributed by atoms with Crippen molar-refractivity contribution in [3.05, 3.63) is 0 Å². The highest BCUT2D eigenvalue weighted by molar-refractivity contribution is 5.75. The van der Waals surface area contributed by atoms with E-state index in [-0.39, 0.29) is 12.0 Å². The van der Waals surface area contributed by atoms with Crippen molar-refractivity contribution in [3.63, 3.8) is 0 Å². The molecule has 1 N–H and O–H groups in total. The van der Waals surface area contributed by atoms with E-state index in [0.717, 1.165) is 19.4 Å². The third kappa shape index (κ3) is 5.97. The van der Waals surface area contributed by atoms with Crippen molar-refractivity contribution in [2.24, 2.45) is 5.92 Å². The number of carbonyl (C=O) groups is 1. The van der Waals surface area contributed by atoms with Crippen LogP contribution in [0.25, 0.3) is 0 Å². The normalized spacial score (nSPS) is 12.9. The number of hydrogen-bond acceptors (Lipinski definition) is 3. The summed E-state index contributed by atoms with van der Waals surface area (Å²) < 4.78 is 5.00. The first-order valence-electron chi connectivity index (χ1n) is 5.51. The van der Waals surface area contributed by atoms with Gasteiger partial charge < -0.3 is 10.1 Å². The maximum Gasteiger partial charge on any atom is 0.323 e. The Hall–Kier alpha value is -0.570. The molecule has 0 amide bonds. The van der Waals surface area contributed by atoms with Crippen LogP contribution in [0.2, 0.25) is 0 Å². The summed E-state index contributed by atoms with van der Waals surface area (Å²) in [4.78, 5) is 11.5.